The number of cyclic esters (lactones) is 1. The van der Waals surface area contributed by atoms with Crippen molar-refractivity contribution in [1.29, 1.82) is 0 Å². The fraction of sp³-hybridized carbons (Fsp3) is 0.520. The predicted molar refractivity (Wildman–Crippen MR) is 112 cm³/mol. The van der Waals surface area contributed by atoms with E-state index in [9.17, 15) is 9.18 Å². The Kier molecular flexibility index (Phi) is 5.71. The first kappa shape index (κ1) is 20.1. The highest BCUT2D eigenvalue weighted by Gasteiger charge is 2.52. The second-order valence-electron chi connectivity index (χ2n) is 8.83. The zero-order valence-electron chi connectivity index (χ0n) is 17.5. The number of ether oxygens (including phenoxy) is 1. The molecule has 0 N–H and O–H groups in total. The molecule has 0 spiro atoms. The van der Waals surface area contributed by atoms with Crippen LogP contribution in [-0.2, 0) is 16.0 Å². The molecule has 154 valence electrons. The molecule has 1 aliphatic carbocycles. The summed E-state index contributed by atoms with van der Waals surface area (Å²) in [6.07, 6.45) is 5.75. The molecule has 2 aliphatic rings. The number of benzene rings is 1. The topological polar surface area (TPSA) is 39.2 Å². The van der Waals surface area contributed by atoms with Gasteiger partial charge in [-0.1, -0.05) is 44.5 Å². The normalized spacial score (nSPS) is 31.4. The molecule has 2 fully saturated rings. The van der Waals surface area contributed by atoms with Gasteiger partial charge in [-0.2, -0.15) is 0 Å². The summed E-state index contributed by atoms with van der Waals surface area (Å²) in [5.74, 6) is 1.79. The summed E-state index contributed by atoms with van der Waals surface area (Å²) in [4.78, 5) is 16.9. The second kappa shape index (κ2) is 8.25. The van der Waals surface area contributed by atoms with E-state index in [1.165, 1.54) is 6.07 Å². The van der Waals surface area contributed by atoms with Gasteiger partial charge >= 0.3 is 5.97 Å². The van der Waals surface area contributed by atoms with Gasteiger partial charge in [0.15, 0.2) is 0 Å². The highest BCUT2D eigenvalue weighted by Crippen LogP contribution is 2.50. The van der Waals surface area contributed by atoms with E-state index in [0.717, 1.165) is 36.9 Å². The number of pyridine rings is 1. The van der Waals surface area contributed by atoms with Crippen LogP contribution in [0.2, 0.25) is 0 Å². The van der Waals surface area contributed by atoms with Gasteiger partial charge in [0, 0.05) is 28.9 Å². The summed E-state index contributed by atoms with van der Waals surface area (Å²) in [5, 5.41) is 0. The van der Waals surface area contributed by atoms with Crippen molar-refractivity contribution in [2.75, 3.05) is 0 Å². The van der Waals surface area contributed by atoms with Crippen LogP contribution in [0.3, 0.4) is 0 Å². The number of fused-ring (bicyclic) bond motifs is 1. The Morgan fingerprint density at radius 1 is 1.14 bits per heavy atom. The molecule has 0 bridgehead atoms. The molecule has 4 heteroatoms. The lowest BCUT2D eigenvalue weighted by Gasteiger charge is -2.43. The number of carbonyl (C=O) groups excluding carboxylic acids is 1. The van der Waals surface area contributed by atoms with Gasteiger partial charge in [0.25, 0.3) is 0 Å². The van der Waals surface area contributed by atoms with Crippen LogP contribution in [0, 0.1) is 35.4 Å². The largest absolute Gasteiger partial charge is 0.462 e. The first-order valence-corrected chi connectivity index (χ1v) is 10.9. The molecule has 1 saturated carbocycles. The Morgan fingerprint density at radius 2 is 1.93 bits per heavy atom. The van der Waals surface area contributed by atoms with E-state index in [2.05, 4.69) is 25.8 Å². The smallest absolute Gasteiger partial charge is 0.309 e. The van der Waals surface area contributed by atoms with Crippen molar-refractivity contribution in [3.05, 3.63) is 54.1 Å². The molecule has 1 aliphatic heterocycles. The van der Waals surface area contributed by atoms with Gasteiger partial charge in [0.2, 0.25) is 0 Å². The van der Waals surface area contributed by atoms with Crippen molar-refractivity contribution >= 4 is 5.97 Å². The minimum atomic E-state index is -0.227. The molecule has 3 nitrogen and oxygen atoms in total. The first-order chi connectivity index (χ1) is 14.0. The maximum absolute atomic E-state index is 14.0. The molecule has 6 atom stereocenters. The number of rotatable bonds is 5. The third kappa shape index (κ3) is 3.82. The van der Waals surface area contributed by atoms with Crippen LogP contribution in [0.4, 0.5) is 4.39 Å². The summed E-state index contributed by atoms with van der Waals surface area (Å²) in [7, 11) is 0. The van der Waals surface area contributed by atoms with E-state index < -0.39 is 0 Å². The van der Waals surface area contributed by atoms with Crippen molar-refractivity contribution in [3.63, 3.8) is 0 Å². The third-order valence-electron chi connectivity index (χ3n) is 7.23. The van der Waals surface area contributed by atoms with Gasteiger partial charge in [0.1, 0.15) is 11.9 Å². The summed E-state index contributed by atoms with van der Waals surface area (Å²) < 4.78 is 19.6. The van der Waals surface area contributed by atoms with Crippen molar-refractivity contribution < 1.29 is 13.9 Å². The first-order valence-electron chi connectivity index (χ1n) is 10.9. The number of halogens is 1. The van der Waals surface area contributed by atoms with Crippen molar-refractivity contribution in [1.82, 2.24) is 4.98 Å². The lowest BCUT2D eigenvalue weighted by Crippen LogP contribution is -2.41. The summed E-state index contributed by atoms with van der Waals surface area (Å²) in [6.45, 7) is 6.60. The molecule has 4 rings (SSSR count). The van der Waals surface area contributed by atoms with E-state index >= 15 is 0 Å². The van der Waals surface area contributed by atoms with E-state index in [1.807, 2.05) is 18.2 Å². The summed E-state index contributed by atoms with van der Waals surface area (Å²) >= 11 is 0. The molecular formula is C25H30FNO2. The van der Waals surface area contributed by atoms with Gasteiger partial charge in [-0.3, -0.25) is 9.78 Å². The maximum atomic E-state index is 14.0. The molecule has 29 heavy (non-hydrogen) atoms. The van der Waals surface area contributed by atoms with Crippen LogP contribution in [0.5, 0.6) is 0 Å². The van der Waals surface area contributed by atoms with Crippen LogP contribution < -0.4 is 0 Å². The average molecular weight is 396 g/mol. The van der Waals surface area contributed by atoms with Crippen LogP contribution in [0.15, 0.2) is 42.6 Å². The molecule has 0 amide bonds. The zero-order valence-corrected chi connectivity index (χ0v) is 17.5. The van der Waals surface area contributed by atoms with Gasteiger partial charge in [-0.25, -0.2) is 4.39 Å². The summed E-state index contributed by atoms with van der Waals surface area (Å²) in [6, 6.07) is 10.7. The number of esters is 1. The highest BCUT2D eigenvalue weighted by molar-refractivity contribution is 5.75. The number of aryl methyl sites for hydroxylation is 1. The fourth-order valence-corrected chi connectivity index (χ4v) is 5.87. The third-order valence-corrected chi connectivity index (χ3v) is 7.23. The number of hydrogen-bond acceptors (Lipinski definition) is 3. The number of hydrogen-bond donors (Lipinski definition) is 0. The Hall–Kier alpha value is -2.23. The number of aromatic nitrogens is 1. The highest BCUT2D eigenvalue weighted by atomic mass is 19.1. The van der Waals surface area contributed by atoms with E-state index in [0.29, 0.717) is 29.2 Å². The Balaban J connectivity index is 1.49. The van der Waals surface area contributed by atoms with Crippen LogP contribution in [0.25, 0.3) is 11.1 Å². The van der Waals surface area contributed by atoms with E-state index in [-0.39, 0.29) is 23.8 Å². The molecule has 0 unspecified atom stereocenters. The molecule has 1 aromatic heterocycles. The quantitative estimate of drug-likeness (QED) is 0.612. The van der Waals surface area contributed by atoms with Crippen molar-refractivity contribution in [2.24, 2.45) is 29.6 Å². The van der Waals surface area contributed by atoms with E-state index in [1.54, 1.807) is 18.3 Å². The van der Waals surface area contributed by atoms with Gasteiger partial charge in [0.05, 0.1) is 5.92 Å². The Labute approximate surface area is 172 Å². The Bertz CT molecular complexity index is 865. The zero-order chi connectivity index (χ0) is 20.5. The molecule has 1 aromatic carbocycles. The fourth-order valence-electron chi connectivity index (χ4n) is 5.87. The van der Waals surface area contributed by atoms with Crippen LogP contribution >= 0.6 is 0 Å². The summed E-state index contributed by atoms with van der Waals surface area (Å²) in [5.41, 5.74) is 2.40. The molecular weight excluding hydrogens is 365 g/mol. The number of nitrogens with zero attached hydrogens (tertiary/aromatic N) is 1. The SMILES string of the molecule is CC[C@H]1[C@H](CCc2ccc(-c3ccccc3F)cn2)[C@@H]2[C@@H](C)OC(=O)[C@@H]2C[C@@H]1C. The molecule has 0 radical (unpaired) electrons. The molecule has 2 aromatic rings. The van der Waals surface area contributed by atoms with Crippen LogP contribution in [-0.4, -0.2) is 17.1 Å². The van der Waals surface area contributed by atoms with Crippen LogP contribution in [0.1, 0.15) is 45.7 Å². The lowest BCUT2D eigenvalue weighted by atomic mass is 9.60. The van der Waals surface area contributed by atoms with Gasteiger partial charge < -0.3 is 4.74 Å². The molecule has 1 saturated heterocycles. The minimum absolute atomic E-state index is 0.00117. The molecule has 2 heterocycles. The van der Waals surface area contributed by atoms with Gasteiger partial charge in [-0.05, 0) is 56.1 Å². The average Bonchev–Trinajstić information content (AvgIpc) is 3.00. The second-order valence-corrected chi connectivity index (χ2v) is 8.83. The standard InChI is InChI=1S/C25H30FNO2/c1-4-19-15(2)13-22-24(16(3)29-25(22)28)21(19)12-11-18-10-9-17(14-27-18)20-7-5-6-8-23(20)26/h5-10,14-16,19,21-22,24H,4,11-13H2,1-3H3/t15-,16+,19+,21-,22+,24-/m0/s1. The van der Waals surface area contributed by atoms with Crippen molar-refractivity contribution in [3.8, 4) is 11.1 Å². The Morgan fingerprint density at radius 3 is 2.62 bits per heavy atom. The van der Waals surface area contributed by atoms with Gasteiger partial charge in [-0.15, -0.1) is 0 Å². The monoisotopic (exact) mass is 395 g/mol. The minimum Gasteiger partial charge on any atom is -0.462 e. The van der Waals surface area contributed by atoms with Crippen molar-refractivity contribution in [2.45, 2.75) is 52.6 Å². The van der Waals surface area contributed by atoms with E-state index in [4.69, 9.17) is 4.74 Å². The predicted octanol–water partition coefficient (Wildman–Crippen LogP) is 5.68. The maximum Gasteiger partial charge on any atom is 0.309 e. The number of carbonyl (C=O) groups is 1. The lowest BCUT2D eigenvalue weighted by molar-refractivity contribution is -0.144.